The third-order valence-corrected chi connectivity index (χ3v) is 3.60. The van der Waals surface area contributed by atoms with Crippen molar-refractivity contribution >= 4 is 11.8 Å². The number of nitrogens with two attached hydrogens (primary N) is 1. The number of thioether (sulfide) groups is 1. The first kappa shape index (κ1) is 14.1. The average Bonchev–Trinajstić information content (AvgIpc) is 2.86. The van der Waals surface area contributed by atoms with Crippen molar-refractivity contribution in [3.05, 3.63) is 30.2 Å². The van der Waals surface area contributed by atoms with Crippen LogP contribution in [0.15, 0.2) is 33.7 Å². The lowest BCUT2D eigenvalue weighted by atomic mass is 10.2. The molecule has 2 aromatic rings. The summed E-state index contributed by atoms with van der Waals surface area (Å²) in [4.78, 5) is 5.64. The van der Waals surface area contributed by atoms with E-state index in [9.17, 15) is 0 Å². The highest BCUT2D eigenvalue weighted by Crippen LogP contribution is 2.22. The van der Waals surface area contributed by atoms with E-state index in [0.29, 0.717) is 11.7 Å². The fourth-order valence-corrected chi connectivity index (χ4v) is 2.35. The maximum atomic E-state index is 5.71. The van der Waals surface area contributed by atoms with Crippen LogP contribution in [-0.4, -0.2) is 21.9 Å². The number of aromatic nitrogens is 2. The van der Waals surface area contributed by atoms with Gasteiger partial charge < -0.3 is 10.3 Å². The largest absolute Gasteiger partial charge is 0.339 e. The highest BCUT2D eigenvalue weighted by atomic mass is 32.2. The zero-order chi connectivity index (χ0) is 13.7. The van der Waals surface area contributed by atoms with Crippen LogP contribution in [0.25, 0.3) is 11.4 Å². The molecule has 1 aromatic heterocycles. The van der Waals surface area contributed by atoms with Gasteiger partial charge in [-0.2, -0.15) is 4.98 Å². The van der Waals surface area contributed by atoms with E-state index in [1.54, 1.807) is 0 Å². The number of rotatable bonds is 6. The Hall–Kier alpha value is -1.33. The molecule has 0 bridgehead atoms. The van der Waals surface area contributed by atoms with Crippen molar-refractivity contribution in [3.63, 3.8) is 0 Å². The molecule has 0 amide bonds. The fraction of sp³-hybridized carbons (Fsp3) is 0.429. The minimum atomic E-state index is 0.153. The van der Waals surface area contributed by atoms with Crippen LogP contribution in [-0.2, 0) is 6.42 Å². The van der Waals surface area contributed by atoms with E-state index in [-0.39, 0.29) is 6.04 Å². The van der Waals surface area contributed by atoms with Gasteiger partial charge >= 0.3 is 0 Å². The zero-order valence-electron chi connectivity index (χ0n) is 11.3. The highest BCUT2D eigenvalue weighted by Gasteiger charge is 2.09. The molecule has 102 valence electrons. The zero-order valence-corrected chi connectivity index (χ0v) is 12.1. The Kier molecular flexibility index (Phi) is 4.99. The van der Waals surface area contributed by atoms with Gasteiger partial charge in [-0.15, -0.1) is 11.8 Å². The van der Waals surface area contributed by atoms with Crippen LogP contribution in [0.2, 0.25) is 0 Å². The van der Waals surface area contributed by atoms with Crippen LogP contribution < -0.4 is 5.73 Å². The molecular formula is C14H19N3OS. The maximum Gasteiger partial charge on any atom is 0.227 e. The fourth-order valence-electron chi connectivity index (χ4n) is 1.69. The molecule has 0 fully saturated rings. The van der Waals surface area contributed by atoms with E-state index < -0.39 is 0 Å². The Morgan fingerprint density at radius 2 is 2.05 bits per heavy atom. The van der Waals surface area contributed by atoms with Crippen LogP contribution in [0.4, 0.5) is 0 Å². The topological polar surface area (TPSA) is 64.9 Å². The molecule has 0 radical (unpaired) electrons. The summed E-state index contributed by atoms with van der Waals surface area (Å²) in [6.07, 6.45) is 1.59. The molecule has 0 spiro atoms. The Balaban J connectivity index is 2.05. The lowest BCUT2D eigenvalue weighted by molar-refractivity contribution is 0.372. The van der Waals surface area contributed by atoms with E-state index >= 15 is 0 Å². The van der Waals surface area contributed by atoms with E-state index in [1.165, 1.54) is 4.90 Å². The second kappa shape index (κ2) is 6.73. The first-order valence-electron chi connectivity index (χ1n) is 6.50. The van der Waals surface area contributed by atoms with Gasteiger partial charge in [0.25, 0.3) is 0 Å². The Morgan fingerprint density at radius 1 is 1.32 bits per heavy atom. The van der Waals surface area contributed by atoms with Gasteiger partial charge in [0.1, 0.15) is 0 Å². The van der Waals surface area contributed by atoms with Crippen molar-refractivity contribution in [2.24, 2.45) is 5.73 Å². The predicted molar refractivity (Wildman–Crippen MR) is 78.1 cm³/mol. The normalized spacial score (nSPS) is 12.6. The quantitative estimate of drug-likeness (QED) is 0.822. The molecule has 1 unspecified atom stereocenters. The van der Waals surface area contributed by atoms with Crippen LogP contribution in [0.5, 0.6) is 0 Å². The van der Waals surface area contributed by atoms with Gasteiger partial charge in [-0.3, -0.25) is 0 Å². The first-order valence-corrected chi connectivity index (χ1v) is 7.49. The number of aryl methyl sites for hydroxylation is 1. The van der Waals surface area contributed by atoms with Gasteiger partial charge in [0.2, 0.25) is 11.7 Å². The molecule has 0 saturated heterocycles. The maximum absolute atomic E-state index is 5.71. The number of benzene rings is 1. The molecule has 19 heavy (non-hydrogen) atoms. The van der Waals surface area contributed by atoms with Crippen molar-refractivity contribution in [2.45, 2.75) is 37.6 Å². The highest BCUT2D eigenvalue weighted by molar-refractivity contribution is 7.99. The van der Waals surface area contributed by atoms with Crippen molar-refractivity contribution in [1.29, 1.82) is 0 Å². The summed E-state index contributed by atoms with van der Waals surface area (Å²) >= 11 is 1.82. The monoisotopic (exact) mass is 277 g/mol. The summed E-state index contributed by atoms with van der Waals surface area (Å²) in [5.74, 6) is 2.37. The van der Waals surface area contributed by atoms with Crippen molar-refractivity contribution < 1.29 is 4.52 Å². The number of hydrogen-bond donors (Lipinski definition) is 1. The third-order valence-electron chi connectivity index (χ3n) is 2.71. The molecule has 1 atom stereocenters. The number of nitrogens with zero attached hydrogens (tertiary/aromatic N) is 2. The molecule has 0 saturated carbocycles. The minimum Gasteiger partial charge on any atom is -0.339 e. The molecule has 2 N–H and O–H groups in total. The molecule has 0 aliphatic rings. The summed E-state index contributed by atoms with van der Waals surface area (Å²) in [5.41, 5.74) is 6.69. The lowest BCUT2D eigenvalue weighted by Crippen LogP contribution is -2.15. The van der Waals surface area contributed by atoms with Crippen LogP contribution in [0.1, 0.15) is 26.2 Å². The Labute approximate surface area is 117 Å². The molecule has 4 nitrogen and oxygen atoms in total. The predicted octanol–water partition coefficient (Wildman–Crippen LogP) is 3.13. The van der Waals surface area contributed by atoms with Crippen LogP contribution in [0.3, 0.4) is 0 Å². The summed E-state index contributed by atoms with van der Waals surface area (Å²) in [6.45, 7) is 4.11. The van der Waals surface area contributed by atoms with E-state index in [2.05, 4.69) is 29.2 Å². The smallest absolute Gasteiger partial charge is 0.227 e. The SMILES string of the molecule is CCSc1ccc(-c2noc(CCC(C)N)n2)cc1. The van der Waals surface area contributed by atoms with Crippen molar-refractivity contribution in [2.75, 3.05) is 5.75 Å². The van der Waals surface area contributed by atoms with Gasteiger partial charge in [-0.05, 0) is 43.4 Å². The van der Waals surface area contributed by atoms with Gasteiger partial charge in [-0.1, -0.05) is 12.1 Å². The van der Waals surface area contributed by atoms with Crippen molar-refractivity contribution in [3.8, 4) is 11.4 Å². The minimum absolute atomic E-state index is 0.153. The molecule has 5 heteroatoms. The summed E-state index contributed by atoms with van der Waals surface area (Å²) in [5, 5.41) is 4.01. The molecule has 0 aliphatic heterocycles. The van der Waals surface area contributed by atoms with Gasteiger partial charge in [0.15, 0.2) is 0 Å². The van der Waals surface area contributed by atoms with Crippen LogP contribution >= 0.6 is 11.8 Å². The van der Waals surface area contributed by atoms with Gasteiger partial charge in [0, 0.05) is 22.9 Å². The van der Waals surface area contributed by atoms with Gasteiger partial charge in [0.05, 0.1) is 0 Å². The molecule has 1 aromatic carbocycles. The van der Waals surface area contributed by atoms with Gasteiger partial charge in [-0.25, -0.2) is 0 Å². The van der Waals surface area contributed by atoms with E-state index in [4.69, 9.17) is 10.3 Å². The lowest BCUT2D eigenvalue weighted by Gasteiger charge is -1.99. The Morgan fingerprint density at radius 3 is 2.68 bits per heavy atom. The standard InChI is InChI=1S/C14H19N3OS/c1-3-19-12-7-5-11(6-8-12)14-16-13(18-17-14)9-4-10(2)15/h5-8,10H,3-4,9,15H2,1-2H3. The second-order valence-electron chi connectivity index (χ2n) is 4.49. The van der Waals surface area contributed by atoms with Crippen molar-refractivity contribution in [1.82, 2.24) is 10.1 Å². The molecular weight excluding hydrogens is 258 g/mol. The van der Waals surface area contributed by atoms with E-state index in [0.717, 1.165) is 24.2 Å². The molecule has 1 heterocycles. The molecule has 0 aliphatic carbocycles. The summed E-state index contributed by atoms with van der Waals surface area (Å²) in [6, 6.07) is 8.38. The van der Waals surface area contributed by atoms with Crippen LogP contribution in [0, 0.1) is 0 Å². The Bertz CT molecular complexity index is 508. The van der Waals surface area contributed by atoms with E-state index in [1.807, 2.05) is 30.8 Å². The third kappa shape index (κ3) is 4.08. The first-order chi connectivity index (χ1) is 9.19. The molecule has 2 rings (SSSR count). The summed E-state index contributed by atoms with van der Waals surface area (Å²) < 4.78 is 5.23. The second-order valence-corrected chi connectivity index (χ2v) is 5.82. The number of hydrogen-bond acceptors (Lipinski definition) is 5. The summed E-state index contributed by atoms with van der Waals surface area (Å²) in [7, 11) is 0. The average molecular weight is 277 g/mol.